The Balaban J connectivity index is 1.76. The van der Waals surface area contributed by atoms with Gasteiger partial charge in [0.1, 0.15) is 11.5 Å². The molecule has 0 N–H and O–H groups in total. The first-order valence-corrected chi connectivity index (χ1v) is 9.94. The van der Waals surface area contributed by atoms with Crippen molar-refractivity contribution >= 4 is 11.9 Å². The third kappa shape index (κ3) is 4.44. The lowest BCUT2D eigenvalue weighted by molar-refractivity contribution is 0.104. The SMILES string of the molecule is COc1ccc(-c2nn(-c3ccccc3)cc2/C=C\C(=O)c2ccc(F)cc2)cc1OC. The number of carbonyl (C=O) groups is 1. The number of rotatable bonds is 7. The number of aromatic nitrogens is 2. The van der Waals surface area contributed by atoms with Gasteiger partial charge in [-0.3, -0.25) is 4.79 Å². The fourth-order valence-corrected chi connectivity index (χ4v) is 3.31. The number of hydrogen-bond donors (Lipinski definition) is 0. The van der Waals surface area contributed by atoms with Crippen molar-refractivity contribution in [2.45, 2.75) is 0 Å². The Kier molecular flexibility index (Phi) is 6.12. The van der Waals surface area contributed by atoms with Gasteiger partial charge in [-0.2, -0.15) is 5.10 Å². The summed E-state index contributed by atoms with van der Waals surface area (Å²) in [4.78, 5) is 12.6. The monoisotopic (exact) mass is 428 g/mol. The number of carbonyl (C=O) groups excluding carboxylic acids is 1. The van der Waals surface area contributed by atoms with Gasteiger partial charge in [0.05, 0.1) is 19.9 Å². The zero-order valence-electron chi connectivity index (χ0n) is 17.7. The summed E-state index contributed by atoms with van der Waals surface area (Å²) in [5.41, 5.74) is 3.53. The highest BCUT2D eigenvalue weighted by molar-refractivity contribution is 6.07. The summed E-state index contributed by atoms with van der Waals surface area (Å²) < 4.78 is 25.7. The Hall–Kier alpha value is -4.19. The normalized spacial score (nSPS) is 11.0. The minimum Gasteiger partial charge on any atom is -0.493 e. The van der Waals surface area contributed by atoms with Crippen molar-refractivity contribution in [3.63, 3.8) is 0 Å². The van der Waals surface area contributed by atoms with Crippen molar-refractivity contribution in [2.24, 2.45) is 0 Å². The predicted molar refractivity (Wildman–Crippen MR) is 122 cm³/mol. The first-order valence-electron chi connectivity index (χ1n) is 9.94. The van der Waals surface area contributed by atoms with E-state index in [0.29, 0.717) is 22.8 Å². The van der Waals surface area contributed by atoms with E-state index in [2.05, 4.69) is 0 Å². The average molecular weight is 428 g/mol. The van der Waals surface area contributed by atoms with Crippen molar-refractivity contribution in [3.8, 4) is 28.4 Å². The molecule has 0 saturated carbocycles. The molecule has 160 valence electrons. The van der Waals surface area contributed by atoms with E-state index >= 15 is 0 Å². The van der Waals surface area contributed by atoms with Crippen LogP contribution < -0.4 is 9.47 Å². The number of methoxy groups -OCH3 is 2. The molecule has 1 aromatic heterocycles. The molecule has 0 bridgehead atoms. The third-order valence-electron chi connectivity index (χ3n) is 4.96. The third-order valence-corrected chi connectivity index (χ3v) is 4.96. The second-order valence-electron chi connectivity index (χ2n) is 6.99. The Morgan fingerprint density at radius 2 is 1.66 bits per heavy atom. The minimum atomic E-state index is -0.384. The molecule has 0 aliphatic rings. The second kappa shape index (κ2) is 9.31. The smallest absolute Gasteiger partial charge is 0.185 e. The van der Waals surface area contributed by atoms with Crippen LogP contribution in [0.25, 0.3) is 23.0 Å². The van der Waals surface area contributed by atoms with E-state index in [1.54, 1.807) is 25.0 Å². The molecule has 0 atom stereocenters. The molecule has 0 saturated heterocycles. The zero-order chi connectivity index (χ0) is 22.5. The lowest BCUT2D eigenvalue weighted by atomic mass is 10.1. The molecule has 0 aliphatic carbocycles. The highest BCUT2D eigenvalue weighted by atomic mass is 19.1. The molecule has 0 spiro atoms. The molecule has 4 rings (SSSR count). The Bertz CT molecular complexity index is 1260. The zero-order valence-corrected chi connectivity index (χ0v) is 17.7. The van der Waals surface area contributed by atoms with Crippen molar-refractivity contribution < 1.29 is 18.7 Å². The van der Waals surface area contributed by atoms with Gasteiger partial charge in [0.15, 0.2) is 17.3 Å². The lowest BCUT2D eigenvalue weighted by Crippen LogP contribution is -1.95. The van der Waals surface area contributed by atoms with E-state index < -0.39 is 0 Å². The van der Waals surface area contributed by atoms with Crippen LogP contribution >= 0.6 is 0 Å². The molecule has 3 aromatic carbocycles. The van der Waals surface area contributed by atoms with E-state index in [9.17, 15) is 9.18 Å². The topological polar surface area (TPSA) is 53.4 Å². The second-order valence-corrected chi connectivity index (χ2v) is 6.99. The Morgan fingerprint density at radius 1 is 0.938 bits per heavy atom. The summed E-state index contributed by atoms with van der Waals surface area (Å²) in [5, 5.41) is 4.75. The van der Waals surface area contributed by atoms with Crippen LogP contribution in [0.3, 0.4) is 0 Å². The van der Waals surface area contributed by atoms with Crippen molar-refractivity contribution in [2.75, 3.05) is 14.2 Å². The number of allylic oxidation sites excluding steroid dienone is 1. The van der Waals surface area contributed by atoms with Crippen molar-refractivity contribution in [1.82, 2.24) is 9.78 Å². The maximum atomic E-state index is 13.2. The molecule has 1 heterocycles. The minimum absolute atomic E-state index is 0.226. The summed E-state index contributed by atoms with van der Waals surface area (Å²) in [6.45, 7) is 0. The standard InChI is InChI=1S/C26H21FN2O3/c1-31-24-15-11-19(16-25(24)32-2)26-20(17-29(28-26)22-6-4-3-5-7-22)10-14-23(30)18-8-12-21(27)13-9-18/h3-17H,1-2H3/b14-10-. The summed E-state index contributed by atoms with van der Waals surface area (Å²) in [6.07, 6.45) is 5.03. The van der Waals surface area contributed by atoms with Gasteiger partial charge in [-0.05, 0) is 66.7 Å². The molecular weight excluding hydrogens is 407 g/mol. The molecule has 32 heavy (non-hydrogen) atoms. The maximum Gasteiger partial charge on any atom is 0.185 e. The molecular formula is C26H21FN2O3. The van der Waals surface area contributed by atoms with Gasteiger partial charge in [0, 0.05) is 22.9 Å². The number of hydrogen-bond acceptors (Lipinski definition) is 4. The van der Waals surface area contributed by atoms with Crippen molar-refractivity contribution in [1.29, 1.82) is 0 Å². The Labute approximate surface area is 185 Å². The van der Waals surface area contributed by atoms with Crippen LogP contribution in [0, 0.1) is 5.82 Å². The number of ketones is 1. The fourth-order valence-electron chi connectivity index (χ4n) is 3.31. The van der Waals surface area contributed by atoms with Crippen molar-refractivity contribution in [3.05, 3.63) is 102 Å². The van der Waals surface area contributed by atoms with Crippen LogP contribution in [-0.4, -0.2) is 29.8 Å². The Morgan fingerprint density at radius 3 is 2.34 bits per heavy atom. The summed E-state index contributed by atoms with van der Waals surface area (Å²) in [6, 6.07) is 20.7. The first kappa shape index (κ1) is 21.1. The summed E-state index contributed by atoms with van der Waals surface area (Å²) in [5.74, 6) is 0.583. The molecule has 5 nitrogen and oxygen atoms in total. The van der Waals surface area contributed by atoms with Gasteiger partial charge >= 0.3 is 0 Å². The van der Waals surface area contributed by atoms with Crippen LogP contribution in [-0.2, 0) is 0 Å². The first-order chi connectivity index (χ1) is 15.6. The number of nitrogens with zero attached hydrogens (tertiary/aromatic N) is 2. The largest absolute Gasteiger partial charge is 0.493 e. The maximum absolute atomic E-state index is 13.2. The van der Waals surface area contributed by atoms with E-state index in [-0.39, 0.29) is 11.6 Å². The van der Waals surface area contributed by atoms with Gasteiger partial charge in [-0.1, -0.05) is 18.2 Å². The molecule has 4 aromatic rings. The number of para-hydroxylation sites is 1. The molecule has 0 radical (unpaired) electrons. The van der Waals surface area contributed by atoms with E-state index in [4.69, 9.17) is 14.6 Å². The predicted octanol–water partition coefficient (Wildman–Crippen LogP) is 5.59. The molecule has 0 aliphatic heterocycles. The number of benzene rings is 3. The van der Waals surface area contributed by atoms with E-state index in [1.165, 1.54) is 30.3 Å². The van der Waals surface area contributed by atoms with Gasteiger partial charge in [0.2, 0.25) is 0 Å². The van der Waals surface area contributed by atoms with Crippen LogP contribution in [0.4, 0.5) is 4.39 Å². The average Bonchev–Trinajstić information content (AvgIpc) is 3.27. The van der Waals surface area contributed by atoms with Crippen LogP contribution in [0.5, 0.6) is 11.5 Å². The van der Waals surface area contributed by atoms with Gasteiger partial charge in [-0.15, -0.1) is 0 Å². The fraction of sp³-hybridized carbons (Fsp3) is 0.0769. The summed E-state index contributed by atoms with van der Waals surface area (Å²) in [7, 11) is 3.16. The highest BCUT2D eigenvalue weighted by Crippen LogP contribution is 2.33. The van der Waals surface area contributed by atoms with Gasteiger partial charge in [-0.25, -0.2) is 9.07 Å². The van der Waals surface area contributed by atoms with Gasteiger partial charge in [0.25, 0.3) is 0 Å². The molecule has 6 heteroatoms. The van der Waals surface area contributed by atoms with Crippen LogP contribution in [0.1, 0.15) is 15.9 Å². The molecule has 0 amide bonds. The van der Waals surface area contributed by atoms with E-state index in [1.807, 2.05) is 54.7 Å². The van der Waals surface area contributed by atoms with Crippen LogP contribution in [0.2, 0.25) is 0 Å². The molecule has 0 unspecified atom stereocenters. The van der Waals surface area contributed by atoms with Gasteiger partial charge < -0.3 is 9.47 Å². The molecule has 0 fully saturated rings. The van der Waals surface area contributed by atoms with E-state index in [0.717, 1.165) is 16.8 Å². The highest BCUT2D eigenvalue weighted by Gasteiger charge is 2.14. The number of ether oxygens (including phenoxy) is 2. The number of halogens is 1. The quantitative estimate of drug-likeness (QED) is 0.284. The summed E-state index contributed by atoms with van der Waals surface area (Å²) >= 11 is 0. The lowest BCUT2D eigenvalue weighted by Gasteiger charge is -2.09. The van der Waals surface area contributed by atoms with Crippen LogP contribution in [0.15, 0.2) is 85.1 Å².